The minimum absolute atomic E-state index is 0.202. The van der Waals surface area contributed by atoms with Crippen LogP contribution in [0.1, 0.15) is 24.1 Å². The highest BCUT2D eigenvalue weighted by Crippen LogP contribution is 2.23. The van der Waals surface area contributed by atoms with E-state index in [4.69, 9.17) is 5.73 Å². The van der Waals surface area contributed by atoms with E-state index in [1.54, 1.807) is 13.1 Å². The summed E-state index contributed by atoms with van der Waals surface area (Å²) in [5, 5.41) is 15.4. The number of aromatic nitrogens is 1. The molecule has 0 aliphatic rings. The Morgan fingerprint density at radius 3 is 2.54 bits per heavy atom. The van der Waals surface area contributed by atoms with E-state index in [1.807, 2.05) is 54.6 Å². The maximum atomic E-state index is 12.9. The fraction of sp³-hybridized carbons (Fsp3) is 0.238. The number of nitrogens with one attached hydrogen (secondary N) is 3. The number of carbonyl (C=O) groups is 2. The number of carbonyl (C=O) groups excluding carboxylic acids is 1. The van der Waals surface area contributed by atoms with Gasteiger partial charge in [0.15, 0.2) is 0 Å². The first-order chi connectivity index (χ1) is 13.4. The number of nitrogens with two attached hydrogens (primary N) is 1. The number of hydrogen-bond donors (Lipinski definition) is 5. The van der Waals surface area contributed by atoms with Crippen molar-refractivity contribution in [3.05, 3.63) is 71.9 Å². The first-order valence-corrected chi connectivity index (χ1v) is 9.04. The Hall–Kier alpha value is -3.32. The van der Waals surface area contributed by atoms with Gasteiger partial charge in [0.1, 0.15) is 5.54 Å². The van der Waals surface area contributed by atoms with Crippen molar-refractivity contribution in [3.8, 4) is 0 Å². The zero-order chi connectivity index (χ0) is 20.1. The minimum atomic E-state index is -1.34. The summed E-state index contributed by atoms with van der Waals surface area (Å²) < 4.78 is 0. The van der Waals surface area contributed by atoms with Gasteiger partial charge in [-0.05, 0) is 24.1 Å². The lowest BCUT2D eigenvalue weighted by atomic mass is 9.91. The molecule has 1 heterocycles. The zero-order valence-electron chi connectivity index (χ0n) is 15.6. The van der Waals surface area contributed by atoms with Gasteiger partial charge in [0.25, 0.3) is 0 Å². The normalized spacial score (nSPS) is 14.2. The maximum absolute atomic E-state index is 12.9. The average molecular weight is 380 g/mol. The van der Waals surface area contributed by atoms with E-state index in [0.29, 0.717) is 0 Å². The average Bonchev–Trinajstić information content (AvgIpc) is 3.08. The van der Waals surface area contributed by atoms with E-state index in [9.17, 15) is 14.7 Å². The molecule has 0 fully saturated rings. The first-order valence-electron chi connectivity index (χ1n) is 9.04. The van der Waals surface area contributed by atoms with Crippen molar-refractivity contribution in [3.63, 3.8) is 0 Å². The lowest BCUT2D eigenvalue weighted by Crippen LogP contribution is -2.58. The van der Waals surface area contributed by atoms with Gasteiger partial charge in [-0.3, -0.25) is 4.79 Å². The van der Waals surface area contributed by atoms with Crippen LogP contribution in [0.25, 0.3) is 10.9 Å². The number of carboxylic acid groups (broad SMARTS) is 1. The zero-order valence-corrected chi connectivity index (χ0v) is 15.6. The molecule has 0 saturated carbocycles. The maximum Gasteiger partial charge on any atom is 0.405 e. The van der Waals surface area contributed by atoms with Crippen molar-refractivity contribution in [1.82, 2.24) is 15.6 Å². The molecule has 146 valence electrons. The number of hydrogen-bond acceptors (Lipinski definition) is 3. The molecule has 3 aromatic rings. The topological polar surface area (TPSA) is 120 Å². The summed E-state index contributed by atoms with van der Waals surface area (Å²) >= 11 is 0. The van der Waals surface area contributed by atoms with Crippen molar-refractivity contribution < 1.29 is 14.7 Å². The standard InChI is InChI=1S/C21H24N4O3/c1-21(25-20(27)28,11-15-12-23-18-10-6-5-9-16(15)18)19(26)24-13-17(22)14-7-3-2-4-8-14/h2-10,12,17,23,25H,11,13,22H2,1H3,(H,24,26)(H,27,28)/t17-,21+/m0/s1. The number of amides is 2. The molecule has 2 aromatic carbocycles. The monoisotopic (exact) mass is 380 g/mol. The number of rotatable bonds is 7. The quantitative estimate of drug-likeness (QED) is 0.432. The largest absolute Gasteiger partial charge is 0.465 e. The predicted octanol–water partition coefficient (Wildman–Crippen LogP) is 2.55. The highest BCUT2D eigenvalue weighted by atomic mass is 16.4. The van der Waals surface area contributed by atoms with Crippen LogP contribution in [0.4, 0.5) is 4.79 Å². The molecule has 0 bridgehead atoms. The van der Waals surface area contributed by atoms with Crippen LogP contribution < -0.4 is 16.4 Å². The summed E-state index contributed by atoms with van der Waals surface area (Å²) in [5.41, 5.74) is 7.49. The second-order valence-electron chi connectivity index (χ2n) is 7.03. The second kappa shape index (κ2) is 8.14. The van der Waals surface area contributed by atoms with Crippen molar-refractivity contribution in [2.75, 3.05) is 6.54 Å². The molecule has 0 unspecified atom stereocenters. The molecule has 0 saturated heterocycles. The number of benzene rings is 2. The Morgan fingerprint density at radius 1 is 1.14 bits per heavy atom. The van der Waals surface area contributed by atoms with E-state index in [-0.39, 0.29) is 19.0 Å². The van der Waals surface area contributed by atoms with Crippen LogP contribution in [0.3, 0.4) is 0 Å². The molecule has 7 heteroatoms. The number of fused-ring (bicyclic) bond motifs is 1. The summed E-state index contributed by atoms with van der Waals surface area (Å²) in [4.78, 5) is 27.4. The Bertz CT molecular complexity index is 970. The van der Waals surface area contributed by atoms with Crippen molar-refractivity contribution >= 4 is 22.9 Å². The highest BCUT2D eigenvalue weighted by Gasteiger charge is 2.36. The molecule has 3 rings (SSSR count). The predicted molar refractivity (Wildman–Crippen MR) is 108 cm³/mol. The summed E-state index contributed by atoms with van der Waals surface area (Å²) in [7, 11) is 0. The SMILES string of the molecule is C[C@](Cc1c[nH]c2ccccc12)(NC(=O)O)C(=O)NC[C@H](N)c1ccccc1. The molecule has 0 spiro atoms. The lowest BCUT2D eigenvalue weighted by molar-refractivity contribution is -0.126. The van der Waals surface area contributed by atoms with Gasteiger partial charge in [-0.25, -0.2) is 4.79 Å². The highest BCUT2D eigenvalue weighted by molar-refractivity contribution is 5.91. The summed E-state index contributed by atoms with van der Waals surface area (Å²) in [6.07, 6.45) is 0.746. The Balaban J connectivity index is 1.76. The van der Waals surface area contributed by atoms with Gasteiger partial charge in [-0.2, -0.15) is 0 Å². The third-order valence-electron chi connectivity index (χ3n) is 4.81. The molecule has 1 aromatic heterocycles. The Labute approximate surface area is 162 Å². The van der Waals surface area contributed by atoms with Crippen LogP contribution in [-0.2, 0) is 11.2 Å². The Kier molecular flexibility index (Phi) is 5.65. The van der Waals surface area contributed by atoms with E-state index < -0.39 is 17.5 Å². The third-order valence-corrected chi connectivity index (χ3v) is 4.81. The van der Waals surface area contributed by atoms with Gasteiger partial charge in [0, 0.05) is 36.1 Å². The van der Waals surface area contributed by atoms with Gasteiger partial charge in [-0.15, -0.1) is 0 Å². The molecule has 2 amide bonds. The van der Waals surface area contributed by atoms with E-state index in [2.05, 4.69) is 15.6 Å². The van der Waals surface area contributed by atoms with Crippen LogP contribution >= 0.6 is 0 Å². The van der Waals surface area contributed by atoms with E-state index in [1.165, 1.54) is 0 Å². The van der Waals surface area contributed by atoms with Crippen molar-refractivity contribution in [2.24, 2.45) is 5.73 Å². The van der Waals surface area contributed by atoms with Crippen molar-refractivity contribution in [2.45, 2.75) is 24.9 Å². The lowest BCUT2D eigenvalue weighted by Gasteiger charge is -2.29. The van der Waals surface area contributed by atoms with Crippen LogP contribution in [0.5, 0.6) is 0 Å². The molecule has 2 atom stereocenters. The first kappa shape index (κ1) is 19.4. The molecule has 0 radical (unpaired) electrons. The fourth-order valence-electron chi connectivity index (χ4n) is 3.29. The molecule has 6 N–H and O–H groups in total. The fourth-order valence-corrected chi connectivity index (χ4v) is 3.29. The van der Waals surface area contributed by atoms with Crippen LogP contribution in [0.15, 0.2) is 60.8 Å². The number of para-hydroxylation sites is 1. The van der Waals surface area contributed by atoms with E-state index >= 15 is 0 Å². The van der Waals surface area contributed by atoms with Gasteiger partial charge >= 0.3 is 6.09 Å². The number of aromatic amines is 1. The Morgan fingerprint density at radius 2 is 1.82 bits per heavy atom. The molecule has 7 nitrogen and oxygen atoms in total. The van der Waals surface area contributed by atoms with Crippen molar-refractivity contribution in [1.29, 1.82) is 0 Å². The van der Waals surface area contributed by atoms with Gasteiger partial charge < -0.3 is 26.5 Å². The van der Waals surface area contributed by atoms with Gasteiger partial charge in [0.2, 0.25) is 5.91 Å². The molecular formula is C21H24N4O3. The minimum Gasteiger partial charge on any atom is -0.465 e. The molecule has 0 aliphatic heterocycles. The van der Waals surface area contributed by atoms with Crippen LogP contribution in [-0.4, -0.2) is 34.2 Å². The second-order valence-corrected chi connectivity index (χ2v) is 7.03. The smallest absolute Gasteiger partial charge is 0.405 e. The summed E-state index contributed by atoms with van der Waals surface area (Å²) in [5.74, 6) is -0.424. The molecule has 28 heavy (non-hydrogen) atoms. The van der Waals surface area contributed by atoms with Crippen LogP contribution in [0.2, 0.25) is 0 Å². The summed E-state index contributed by atoms with van der Waals surface area (Å²) in [6, 6.07) is 16.7. The van der Waals surface area contributed by atoms with Gasteiger partial charge in [-0.1, -0.05) is 48.5 Å². The molecule has 0 aliphatic carbocycles. The van der Waals surface area contributed by atoms with Crippen LogP contribution in [0, 0.1) is 0 Å². The summed E-state index contributed by atoms with van der Waals surface area (Å²) in [6.45, 7) is 1.78. The van der Waals surface area contributed by atoms with E-state index in [0.717, 1.165) is 22.0 Å². The third kappa shape index (κ3) is 4.32. The van der Waals surface area contributed by atoms with Gasteiger partial charge in [0.05, 0.1) is 0 Å². The number of H-pyrrole nitrogens is 1. The molecular weight excluding hydrogens is 356 g/mol.